The number of ether oxygens (including phenoxy) is 2. The minimum absolute atomic E-state index is 0. The molecule has 0 aliphatic carbocycles. The molecule has 0 aromatic heterocycles. The Bertz CT molecular complexity index is 762. The summed E-state index contributed by atoms with van der Waals surface area (Å²) < 4.78 is 11.3. The third-order valence-corrected chi connectivity index (χ3v) is 4.87. The van der Waals surface area contributed by atoms with Gasteiger partial charge in [-0.05, 0) is 48.9 Å². The van der Waals surface area contributed by atoms with Crippen molar-refractivity contribution in [2.75, 3.05) is 27.2 Å². The molecule has 27 heavy (non-hydrogen) atoms. The Balaban J connectivity index is 0.00000261. The van der Waals surface area contributed by atoms with Crippen molar-refractivity contribution in [1.29, 1.82) is 0 Å². The highest BCUT2D eigenvalue weighted by molar-refractivity contribution is 6.30. The highest BCUT2D eigenvalue weighted by atomic mass is 35.5. The van der Waals surface area contributed by atoms with Crippen LogP contribution >= 0.6 is 24.0 Å². The summed E-state index contributed by atoms with van der Waals surface area (Å²) in [6.07, 6.45) is 0.974. The number of carbonyl (C=O) groups excluding carboxylic acids is 1. The van der Waals surface area contributed by atoms with E-state index >= 15 is 0 Å². The molecule has 0 bridgehead atoms. The van der Waals surface area contributed by atoms with E-state index in [1.54, 1.807) is 30.2 Å². The van der Waals surface area contributed by atoms with E-state index in [1.165, 1.54) is 0 Å². The van der Waals surface area contributed by atoms with Crippen LogP contribution in [0.3, 0.4) is 0 Å². The number of halogens is 2. The fourth-order valence-electron chi connectivity index (χ4n) is 3.00. The van der Waals surface area contributed by atoms with Crippen molar-refractivity contribution < 1.29 is 14.3 Å². The third-order valence-electron chi connectivity index (χ3n) is 4.62. The Morgan fingerprint density at radius 3 is 2.59 bits per heavy atom. The fraction of sp³-hybridized carbons (Fsp3) is 0.350. The van der Waals surface area contributed by atoms with Crippen LogP contribution < -0.4 is 14.8 Å². The van der Waals surface area contributed by atoms with Crippen LogP contribution in [0.15, 0.2) is 42.5 Å². The van der Waals surface area contributed by atoms with Gasteiger partial charge in [0.1, 0.15) is 6.61 Å². The molecule has 1 heterocycles. The Morgan fingerprint density at radius 1 is 1.22 bits per heavy atom. The molecular weight excluding hydrogens is 387 g/mol. The number of hydrogen-bond acceptors (Lipinski definition) is 4. The van der Waals surface area contributed by atoms with E-state index in [9.17, 15) is 4.79 Å². The zero-order chi connectivity index (χ0) is 18.5. The Kier molecular flexibility index (Phi) is 7.78. The van der Waals surface area contributed by atoms with Gasteiger partial charge in [0.25, 0.3) is 5.91 Å². The summed E-state index contributed by atoms with van der Waals surface area (Å²) >= 11 is 5.90. The molecule has 1 N–H and O–H groups in total. The molecule has 1 fully saturated rings. The molecule has 0 radical (unpaired) electrons. The van der Waals surface area contributed by atoms with Crippen molar-refractivity contribution >= 4 is 29.9 Å². The average Bonchev–Trinajstić information content (AvgIpc) is 3.21. The van der Waals surface area contributed by atoms with E-state index < -0.39 is 0 Å². The molecule has 7 heteroatoms. The Hall–Kier alpha value is -1.95. The van der Waals surface area contributed by atoms with Gasteiger partial charge >= 0.3 is 0 Å². The van der Waals surface area contributed by atoms with E-state index in [1.807, 2.05) is 31.3 Å². The van der Waals surface area contributed by atoms with Gasteiger partial charge in [0.2, 0.25) is 0 Å². The number of hydrogen-bond donors (Lipinski definition) is 1. The van der Waals surface area contributed by atoms with Gasteiger partial charge in [-0.3, -0.25) is 4.79 Å². The molecule has 2 aromatic carbocycles. The maximum Gasteiger partial charge on any atom is 0.254 e. The summed E-state index contributed by atoms with van der Waals surface area (Å²) in [5.74, 6) is 1.13. The van der Waals surface area contributed by atoms with E-state index in [2.05, 4.69) is 5.32 Å². The molecule has 1 saturated heterocycles. The largest absolute Gasteiger partial charge is 0.493 e. The lowest BCUT2D eigenvalue weighted by atomic mass is 10.1. The minimum atomic E-state index is -0.0127. The van der Waals surface area contributed by atoms with Gasteiger partial charge in [-0.1, -0.05) is 23.7 Å². The zero-order valence-electron chi connectivity index (χ0n) is 15.4. The maximum atomic E-state index is 12.7. The highest BCUT2D eigenvalue weighted by Gasteiger charge is 2.24. The second-order valence-corrected chi connectivity index (χ2v) is 6.78. The zero-order valence-corrected chi connectivity index (χ0v) is 17.0. The molecule has 2 aromatic rings. The van der Waals surface area contributed by atoms with E-state index in [0.717, 1.165) is 25.1 Å². The number of amides is 1. The molecular formula is C20H24Cl2N2O3. The van der Waals surface area contributed by atoms with Crippen LogP contribution in [0.4, 0.5) is 0 Å². The summed E-state index contributed by atoms with van der Waals surface area (Å²) in [6.45, 7) is 2.18. The lowest BCUT2D eigenvalue weighted by Crippen LogP contribution is -2.38. The average molecular weight is 411 g/mol. The van der Waals surface area contributed by atoms with Crippen LogP contribution in [-0.2, 0) is 6.61 Å². The first kappa shape index (κ1) is 21.4. The number of methoxy groups -OCH3 is 1. The number of carbonyl (C=O) groups is 1. The van der Waals surface area contributed by atoms with Gasteiger partial charge in [0.15, 0.2) is 11.5 Å². The van der Waals surface area contributed by atoms with E-state index in [0.29, 0.717) is 28.7 Å². The second kappa shape index (κ2) is 9.83. The summed E-state index contributed by atoms with van der Waals surface area (Å²) in [5.41, 5.74) is 1.60. The van der Waals surface area contributed by atoms with Crippen molar-refractivity contribution in [3.63, 3.8) is 0 Å². The first-order valence-electron chi connectivity index (χ1n) is 8.61. The minimum Gasteiger partial charge on any atom is -0.493 e. The van der Waals surface area contributed by atoms with Crippen LogP contribution in [0, 0.1) is 0 Å². The normalized spacial score (nSPS) is 15.7. The van der Waals surface area contributed by atoms with Gasteiger partial charge in [0, 0.05) is 30.2 Å². The lowest BCUT2D eigenvalue weighted by molar-refractivity contribution is 0.0743. The van der Waals surface area contributed by atoms with Crippen LogP contribution in [0.1, 0.15) is 22.3 Å². The summed E-state index contributed by atoms with van der Waals surface area (Å²) in [4.78, 5) is 14.5. The molecule has 146 valence electrons. The van der Waals surface area contributed by atoms with E-state index in [-0.39, 0.29) is 24.4 Å². The first-order valence-corrected chi connectivity index (χ1v) is 8.99. The maximum absolute atomic E-state index is 12.7. The predicted octanol–water partition coefficient (Wildman–Crippen LogP) is 3.78. The standard InChI is InChI=1S/C20H23ClN2O3.ClH/c1-23(17-9-10-22-12-17)20(24)15-5-8-18(19(11-15)25-2)26-13-14-3-6-16(21)7-4-14;/h3-8,11,17,22H,9-10,12-13H2,1-2H3;1H. The van der Waals surface area contributed by atoms with Crippen molar-refractivity contribution in [2.24, 2.45) is 0 Å². The smallest absolute Gasteiger partial charge is 0.254 e. The molecule has 3 rings (SSSR count). The Morgan fingerprint density at radius 2 is 1.96 bits per heavy atom. The highest BCUT2D eigenvalue weighted by Crippen LogP contribution is 2.29. The molecule has 1 aliphatic rings. The molecule has 1 atom stereocenters. The van der Waals surface area contributed by atoms with Gasteiger partial charge in [0.05, 0.1) is 7.11 Å². The van der Waals surface area contributed by atoms with Crippen LogP contribution in [0.5, 0.6) is 11.5 Å². The van der Waals surface area contributed by atoms with Gasteiger partial charge in [-0.25, -0.2) is 0 Å². The number of nitrogens with zero attached hydrogens (tertiary/aromatic N) is 1. The Labute approximate surface area is 171 Å². The van der Waals surface area contributed by atoms with Gasteiger partial charge < -0.3 is 19.7 Å². The topological polar surface area (TPSA) is 50.8 Å². The summed E-state index contributed by atoms with van der Waals surface area (Å²) in [7, 11) is 3.42. The molecule has 1 aliphatic heterocycles. The number of nitrogens with one attached hydrogen (secondary N) is 1. The lowest BCUT2D eigenvalue weighted by Gasteiger charge is -2.24. The summed E-state index contributed by atoms with van der Waals surface area (Å²) in [5, 5.41) is 3.97. The molecule has 1 unspecified atom stereocenters. The van der Waals surface area contributed by atoms with Crippen LogP contribution in [0.25, 0.3) is 0 Å². The van der Waals surface area contributed by atoms with Gasteiger partial charge in [-0.2, -0.15) is 0 Å². The summed E-state index contributed by atoms with van der Waals surface area (Å²) in [6, 6.07) is 13.0. The molecule has 0 spiro atoms. The second-order valence-electron chi connectivity index (χ2n) is 6.34. The van der Waals surface area contributed by atoms with Crippen molar-refractivity contribution in [3.05, 3.63) is 58.6 Å². The first-order chi connectivity index (χ1) is 12.6. The van der Waals surface area contributed by atoms with Gasteiger partial charge in [-0.15, -0.1) is 12.4 Å². The SMILES string of the molecule is COc1cc(C(=O)N(C)C2CCNC2)ccc1OCc1ccc(Cl)cc1.Cl. The fourth-order valence-corrected chi connectivity index (χ4v) is 3.13. The van der Waals surface area contributed by atoms with Crippen molar-refractivity contribution in [2.45, 2.75) is 19.1 Å². The van der Waals surface area contributed by atoms with Crippen LogP contribution in [-0.4, -0.2) is 44.1 Å². The molecule has 0 saturated carbocycles. The third kappa shape index (κ3) is 5.28. The van der Waals surface area contributed by atoms with E-state index in [4.69, 9.17) is 21.1 Å². The molecule has 1 amide bonds. The monoisotopic (exact) mass is 410 g/mol. The number of rotatable bonds is 6. The molecule has 5 nitrogen and oxygen atoms in total. The van der Waals surface area contributed by atoms with Crippen molar-refractivity contribution in [1.82, 2.24) is 10.2 Å². The predicted molar refractivity (Wildman–Crippen MR) is 109 cm³/mol. The quantitative estimate of drug-likeness (QED) is 0.786. The van der Waals surface area contributed by atoms with Crippen LogP contribution in [0.2, 0.25) is 5.02 Å². The van der Waals surface area contributed by atoms with Crippen molar-refractivity contribution in [3.8, 4) is 11.5 Å². The number of benzene rings is 2. The number of likely N-dealkylation sites (N-methyl/N-ethyl adjacent to an activating group) is 1.